The van der Waals surface area contributed by atoms with Crippen molar-refractivity contribution in [3.63, 3.8) is 0 Å². The van der Waals surface area contributed by atoms with Gasteiger partial charge in [0.2, 0.25) is 0 Å². The van der Waals surface area contributed by atoms with E-state index in [9.17, 15) is 13.6 Å². The van der Waals surface area contributed by atoms with Crippen LogP contribution in [0.4, 0.5) is 8.78 Å². The second-order valence-corrected chi connectivity index (χ2v) is 3.48. The Hall–Kier alpha value is -1.95. The molecule has 1 aromatic heterocycles. The van der Waals surface area contributed by atoms with Crippen molar-refractivity contribution in [2.45, 2.75) is 0 Å². The Bertz CT molecular complexity index is 597. The van der Waals surface area contributed by atoms with Crippen molar-refractivity contribution in [3.05, 3.63) is 40.6 Å². The number of benzene rings is 1. The van der Waals surface area contributed by atoms with Gasteiger partial charge in [0.25, 0.3) is 0 Å². The zero-order chi connectivity index (χ0) is 12.6. The summed E-state index contributed by atoms with van der Waals surface area (Å²) in [6.45, 7) is 0. The molecule has 0 unspecified atom stereocenters. The van der Waals surface area contributed by atoms with Gasteiger partial charge in [0, 0.05) is 11.6 Å². The van der Waals surface area contributed by atoms with Gasteiger partial charge in [0.15, 0.2) is 23.1 Å². The molecule has 0 amide bonds. The molecular weight excluding hydrogens is 256 g/mol. The van der Waals surface area contributed by atoms with Gasteiger partial charge in [-0.15, -0.1) is 0 Å². The van der Waals surface area contributed by atoms with Crippen LogP contribution in [0.2, 0.25) is 5.02 Å². The molecule has 2 aromatic rings. The summed E-state index contributed by atoms with van der Waals surface area (Å²) >= 11 is 5.57. The minimum atomic E-state index is -1.29. The van der Waals surface area contributed by atoms with E-state index in [4.69, 9.17) is 16.7 Å². The fourth-order valence-corrected chi connectivity index (χ4v) is 1.47. The normalized spacial score (nSPS) is 10.5. The first-order valence-electron chi connectivity index (χ1n) is 4.34. The number of rotatable bonds is 2. The van der Waals surface area contributed by atoms with Gasteiger partial charge in [-0.05, 0) is 12.1 Å². The SMILES string of the molecule is O=C(O)c1cc(-c2ccc(F)c(F)c2Cl)on1. The third kappa shape index (κ3) is 1.99. The van der Waals surface area contributed by atoms with Crippen molar-refractivity contribution >= 4 is 17.6 Å². The summed E-state index contributed by atoms with van der Waals surface area (Å²) in [7, 11) is 0. The van der Waals surface area contributed by atoms with Crippen LogP contribution >= 0.6 is 11.6 Å². The molecule has 4 nitrogen and oxygen atoms in total. The maximum Gasteiger partial charge on any atom is 0.358 e. The molecule has 0 fully saturated rings. The molecule has 0 aliphatic rings. The summed E-state index contributed by atoms with van der Waals surface area (Å²) < 4.78 is 30.6. The molecule has 0 bridgehead atoms. The van der Waals surface area contributed by atoms with E-state index in [0.717, 1.165) is 12.1 Å². The number of carboxylic acid groups (broad SMARTS) is 1. The lowest BCUT2D eigenvalue weighted by atomic mass is 10.1. The highest BCUT2D eigenvalue weighted by Crippen LogP contribution is 2.31. The summed E-state index contributed by atoms with van der Waals surface area (Å²) in [6, 6.07) is 3.10. The number of carbonyl (C=O) groups is 1. The van der Waals surface area contributed by atoms with Crippen LogP contribution < -0.4 is 0 Å². The highest BCUT2D eigenvalue weighted by atomic mass is 35.5. The van der Waals surface area contributed by atoms with Gasteiger partial charge >= 0.3 is 5.97 Å². The van der Waals surface area contributed by atoms with E-state index in [-0.39, 0.29) is 17.0 Å². The molecule has 0 aliphatic heterocycles. The Morgan fingerprint density at radius 1 is 1.41 bits per heavy atom. The fraction of sp³-hybridized carbons (Fsp3) is 0. The summed E-state index contributed by atoms with van der Waals surface area (Å²) in [6.07, 6.45) is 0. The van der Waals surface area contributed by atoms with Crippen LogP contribution in [0.5, 0.6) is 0 Å². The van der Waals surface area contributed by atoms with Gasteiger partial charge in [-0.1, -0.05) is 16.8 Å². The smallest absolute Gasteiger partial charge is 0.358 e. The Morgan fingerprint density at radius 3 is 2.71 bits per heavy atom. The predicted molar refractivity (Wildman–Crippen MR) is 53.8 cm³/mol. The average molecular weight is 260 g/mol. The molecule has 1 N–H and O–H groups in total. The first-order chi connectivity index (χ1) is 8.00. The Balaban J connectivity index is 2.53. The van der Waals surface area contributed by atoms with E-state index in [0.29, 0.717) is 0 Å². The maximum atomic E-state index is 13.2. The quantitative estimate of drug-likeness (QED) is 0.842. The van der Waals surface area contributed by atoms with Gasteiger partial charge in [-0.25, -0.2) is 13.6 Å². The van der Waals surface area contributed by atoms with Crippen LogP contribution in [0.3, 0.4) is 0 Å². The second-order valence-electron chi connectivity index (χ2n) is 3.10. The molecule has 0 spiro atoms. The molecular formula is C10H4ClF2NO3. The third-order valence-corrected chi connectivity index (χ3v) is 2.40. The molecule has 0 aliphatic carbocycles. The zero-order valence-corrected chi connectivity index (χ0v) is 8.83. The van der Waals surface area contributed by atoms with E-state index < -0.39 is 22.6 Å². The molecule has 88 valence electrons. The van der Waals surface area contributed by atoms with Crippen LogP contribution in [0.25, 0.3) is 11.3 Å². The molecule has 0 saturated heterocycles. The first-order valence-corrected chi connectivity index (χ1v) is 4.72. The molecule has 17 heavy (non-hydrogen) atoms. The molecule has 1 aromatic carbocycles. The van der Waals surface area contributed by atoms with E-state index in [2.05, 4.69) is 9.68 Å². The summed E-state index contributed by atoms with van der Waals surface area (Å²) in [5, 5.41) is 11.4. The Morgan fingerprint density at radius 2 is 2.12 bits per heavy atom. The minimum Gasteiger partial charge on any atom is -0.476 e. The van der Waals surface area contributed by atoms with E-state index in [1.54, 1.807) is 0 Å². The number of hydrogen-bond acceptors (Lipinski definition) is 3. The Labute approximate surface area is 98.4 Å². The van der Waals surface area contributed by atoms with Crippen LogP contribution in [-0.2, 0) is 0 Å². The highest BCUT2D eigenvalue weighted by Gasteiger charge is 2.18. The van der Waals surface area contributed by atoms with Crippen LogP contribution in [0, 0.1) is 11.6 Å². The van der Waals surface area contributed by atoms with E-state index in [1.807, 2.05) is 0 Å². The minimum absolute atomic E-state index is 0.0329. The lowest BCUT2D eigenvalue weighted by Crippen LogP contribution is -1.94. The van der Waals surface area contributed by atoms with Gasteiger partial charge in [-0.2, -0.15) is 0 Å². The number of halogens is 3. The van der Waals surface area contributed by atoms with Crippen molar-refractivity contribution in [1.29, 1.82) is 0 Å². The van der Waals surface area contributed by atoms with E-state index in [1.165, 1.54) is 6.07 Å². The van der Waals surface area contributed by atoms with Crippen molar-refractivity contribution < 1.29 is 23.2 Å². The summed E-state index contributed by atoms with van der Waals surface area (Å²) in [5.74, 6) is -3.67. The fourth-order valence-electron chi connectivity index (χ4n) is 1.22. The standard InChI is InChI=1S/C10H4ClF2NO3/c11-8-4(1-2-5(12)9(8)13)7-3-6(10(15)16)14-17-7/h1-3H,(H,15,16). The van der Waals surface area contributed by atoms with Crippen LogP contribution in [0.15, 0.2) is 22.7 Å². The number of nitrogens with zero attached hydrogens (tertiary/aromatic N) is 1. The number of aromatic carboxylic acids is 1. The monoisotopic (exact) mass is 259 g/mol. The maximum absolute atomic E-state index is 13.2. The predicted octanol–water partition coefficient (Wildman–Crippen LogP) is 2.97. The molecule has 0 radical (unpaired) electrons. The number of aromatic nitrogens is 1. The molecule has 1 heterocycles. The van der Waals surface area contributed by atoms with E-state index >= 15 is 0 Å². The number of carboxylic acids is 1. The van der Waals surface area contributed by atoms with Crippen molar-refractivity contribution in [1.82, 2.24) is 5.16 Å². The topological polar surface area (TPSA) is 63.3 Å². The molecule has 2 rings (SSSR count). The average Bonchev–Trinajstić information content (AvgIpc) is 2.75. The lowest BCUT2D eigenvalue weighted by molar-refractivity contribution is 0.0686. The molecule has 7 heteroatoms. The first kappa shape index (κ1) is 11.5. The van der Waals surface area contributed by atoms with Crippen molar-refractivity contribution in [2.75, 3.05) is 0 Å². The molecule has 0 saturated carbocycles. The largest absolute Gasteiger partial charge is 0.476 e. The Kier molecular flexibility index (Phi) is 2.81. The van der Waals surface area contributed by atoms with Crippen LogP contribution in [0.1, 0.15) is 10.5 Å². The zero-order valence-electron chi connectivity index (χ0n) is 8.08. The summed E-state index contributed by atoms with van der Waals surface area (Å²) in [5.41, 5.74) is -0.314. The van der Waals surface area contributed by atoms with Gasteiger partial charge in [0.05, 0.1) is 5.02 Å². The van der Waals surface area contributed by atoms with Crippen molar-refractivity contribution in [2.24, 2.45) is 0 Å². The van der Waals surface area contributed by atoms with Crippen molar-refractivity contribution in [3.8, 4) is 11.3 Å². The van der Waals surface area contributed by atoms with Gasteiger partial charge < -0.3 is 9.63 Å². The highest BCUT2D eigenvalue weighted by molar-refractivity contribution is 6.33. The third-order valence-electron chi connectivity index (χ3n) is 2.03. The van der Waals surface area contributed by atoms with Gasteiger partial charge in [0.1, 0.15) is 0 Å². The lowest BCUT2D eigenvalue weighted by Gasteiger charge is -2.01. The van der Waals surface area contributed by atoms with Gasteiger partial charge in [-0.3, -0.25) is 0 Å². The summed E-state index contributed by atoms with van der Waals surface area (Å²) in [4.78, 5) is 10.6. The second kappa shape index (κ2) is 4.14. The number of hydrogen-bond donors (Lipinski definition) is 1. The van der Waals surface area contributed by atoms with Crippen LogP contribution in [-0.4, -0.2) is 16.2 Å². The molecule has 0 atom stereocenters.